The molecule has 4 nitrogen and oxygen atoms in total. The highest BCUT2D eigenvalue weighted by Gasteiger charge is 2.14. The summed E-state index contributed by atoms with van der Waals surface area (Å²) in [6, 6.07) is 14.9. The Morgan fingerprint density at radius 2 is 1.79 bits per heavy atom. The van der Waals surface area contributed by atoms with Crippen molar-refractivity contribution in [2.75, 3.05) is 20.4 Å². The van der Waals surface area contributed by atoms with Crippen molar-refractivity contribution in [1.82, 2.24) is 5.32 Å². The molecule has 0 amide bonds. The fourth-order valence-electron chi connectivity index (χ4n) is 2.93. The molecule has 1 unspecified atom stereocenters. The summed E-state index contributed by atoms with van der Waals surface area (Å²) in [5, 5.41) is 3.59. The Kier molecular flexibility index (Phi) is 5.59. The van der Waals surface area contributed by atoms with Gasteiger partial charge >= 0.3 is 0 Å². The fourth-order valence-corrected chi connectivity index (χ4v) is 2.93. The molecule has 0 aliphatic carbocycles. The van der Waals surface area contributed by atoms with Crippen molar-refractivity contribution in [3.05, 3.63) is 53.6 Å². The van der Waals surface area contributed by atoms with E-state index >= 15 is 0 Å². The summed E-state index contributed by atoms with van der Waals surface area (Å²) in [6.07, 6.45) is 3.19. The number of rotatable bonds is 8. The van der Waals surface area contributed by atoms with Crippen LogP contribution in [-0.2, 0) is 12.8 Å². The number of hydrogen-bond acceptors (Lipinski definition) is 4. The molecule has 1 aliphatic rings. The van der Waals surface area contributed by atoms with Crippen LogP contribution >= 0.6 is 0 Å². The van der Waals surface area contributed by atoms with E-state index < -0.39 is 0 Å². The molecule has 1 N–H and O–H groups in total. The van der Waals surface area contributed by atoms with Gasteiger partial charge < -0.3 is 19.5 Å². The largest absolute Gasteiger partial charge is 0.497 e. The van der Waals surface area contributed by atoms with Crippen LogP contribution in [0.2, 0.25) is 0 Å². The highest BCUT2D eigenvalue weighted by Crippen LogP contribution is 2.32. The Morgan fingerprint density at radius 3 is 2.58 bits per heavy atom. The van der Waals surface area contributed by atoms with Crippen molar-refractivity contribution in [3.63, 3.8) is 0 Å². The second-order valence-corrected chi connectivity index (χ2v) is 6.20. The molecule has 2 aromatic rings. The lowest BCUT2D eigenvalue weighted by atomic mass is 10.1. The third-order valence-corrected chi connectivity index (χ3v) is 4.27. The Balaban J connectivity index is 1.38. The van der Waals surface area contributed by atoms with Crippen LogP contribution in [0.3, 0.4) is 0 Å². The Morgan fingerprint density at radius 1 is 1.04 bits per heavy atom. The molecule has 0 radical (unpaired) electrons. The lowest BCUT2D eigenvalue weighted by Gasteiger charge is -2.14. The Hall–Kier alpha value is -2.20. The predicted molar refractivity (Wildman–Crippen MR) is 95.0 cm³/mol. The molecule has 0 spiro atoms. The van der Waals surface area contributed by atoms with Crippen LogP contribution in [-0.4, -0.2) is 26.5 Å². The quantitative estimate of drug-likeness (QED) is 0.752. The van der Waals surface area contributed by atoms with Crippen molar-refractivity contribution >= 4 is 0 Å². The predicted octanol–water partition coefficient (Wildman–Crippen LogP) is 3.58. The standard InChI is InChI=1S/C20H25NO3/c1-15(12-17-7-10-19-20(13-17)24-14-23-19)21-11-3-4-16-5-8-18(22-2)9-6-16/h5-10,13,15,21H,3-4,11-12,14H2,1-2H3. The van der Waals surface area contributed by atoms with Gasteiger partial charge in [-0.25, -0.2) is 0 Å². The molecule has 0 bridgehead atoms. The summed E-state index contributed by atoms with van der Waals surface area (Å²) in [7, 11) is 1.69. The first kappa shape index (κ1) is 16.7. The van der Waals surface area contributed by atoms with E-state index in [9.17, 15) is 0 Å². The van der Waals surface area contributed by atoms with Crippen LogP contribution in [0.15, 0.2) is 42.5 Å². The van der Waals surface area contributed by atoms with Crippen molar-refractivity contribution in [3.8, 4) is 17.2 Å². The summed E-state index contributed by atoms with van der Waals surface area (Å²) in [5.74, 6) is 2.62. The van der Waals surface area contributed by atoms with E-state index in [1.54, 1.807) is 7.11 Å². The second kappa shape index (κ2) is 8.06. The molecule has 1 aliphatic heterocycles. The van der Waals surface area contributed by atoms with Gasteiger partial charge in [0.05, 0.1) is 7.11 Å². The van der Waals surface area contributed by atoms with Gasteiger partial charge in [-0.15, -0.1) is 0 Å². The number of fused-ring (bicyclic) bond motifs is 1. The lowest BCUT2D eigenvalue weighted by molar-refractivity contribution is 0.174. The van der Waals surface area contributed by atoms with Crippen LogP contribution in [0.25, 0.3) is 0 Å². The van der Waals surface area contributed by atoms with E-state index in [1.807, 2.05) is 18.2 Å². The molecule has 1 atom stereocenters. The third kappa shape index (κ3) is 4.42. The van der Waals surface area contributed by atoms with Gasteiger partial charge in [0.2, 0.25) is 6.79 Å². The van der Waals surface area contributed by atoms with Gasteiger partial charge in [0.1, 0.15) is 5.75 Å². The molecule has 0 saturated heterocycles. The number of benzene rings is 2. The first-order chi connectivity index (χ1) is 11.7. The molecule has 1 heterocycles. The van der Waals surface area contributed by atoms with Crippen LogP contribution < -0.4 is 19.5 Å². The minimum absolute atomic E-state index is 0.331. The molecular weight excluding hydrogens is 302 g/mol. The third-order valence-electron chi connectivity index (χ3n) is 4.27. The summed E-state index contributed by atoms with van der Waals surface area (Å²) in [5.41, 5.74) is 2.62. The second-order valence-electron chi connectivity index (χ2n) is 6.20. The van der Waals surface area contributed by atoms with Crippen molar-refractivity contribution < 1.29 is 14.2 Å². The van der Waals surface area contributed by atoms with Gasteiger partial charge in [-0.2, -0.15) is 0 Å². The summed E-state index contributed by atoms with van der Waals surface area (Å²) in [6.45, 7) is 3.56. The van der Waals surface area contributed by atoms with Crippen molar-refractivity contribution in [2.45, 2.75) is 32.2 Å². The van der Waals surface area contributed by atoms with Crippen LogP contribution in [0.1, 0.15) is 24.5 Å². The number of aryl methyl sites for hydroxylation is 1. The fraction of sp³-hybridized carbons (Fsp3) is 0.400. The average molecular weight is 327 g/mol. The first-order valence-electron chi connectivity index (χ1n) is 8.49. The van der Waals surface area contributed by atoms with Gasteiger partial charge in [0, 0.05) is 6.04 Å². The normalized spacial score (nSPS) is 13.8. The van der Waals surface area contributed by atoms with Gasteiger partial charge in [-0.05, 0) is 68.1 Å². The van der Waals surface area contributed by atoms with Crippen molar-refractivity contribution in [2.24, 2.45) is 0 Å². The SMILES string of the molecule is COc1ccc(CCCNC(C)Cc2ccc3c(c2)OCO3)cc1. The smallest absolute Gasteiger partial charge is 0.231 e. The van der Waals surface area contributed by atoms with E-state index in [0.717, 1.165) is 43.1 Å². The van der Waals surface area contributed by atoms with E-state index in [-0.39, 0.29) is 0 Å². The number of methoxy groups -OCH3 is 1. The molecule has 0 aromatic heterocycles. The van der Waals surface area contributed by atoms with Crippen LogP contribution in [0.5, 0.6) is 17.2 Å². The van der Waals surface area contributed by atoms with Gasteiger partial charge in [0.15, 0.2) is 11.5 Å². The average Bonchev–Trinajstić information content (AvgIpc) is 3.07. The maximum Gasteiger partial charge on any atom is 0.231 e. The lowest BCUT2D eigenvalue weighted by Crippen LogP contribution is -2.29. The summed E-state index contributed by atoms with van der Waals surface area (Å²) < 4.78 is 16.0. The zero-order chi connectivity index (χ0) is 16.8. The molecule has 128 valence electrons. The molecule has 3 rings (SSSR count). The molecule has 0 fully saturated rings. The maximum absolute atomic E-state index is 5.43. The summed E-state index contributed by atoms with van der Waals surface area (Å²) in [4.78, 5) is 0. The molecule has 0 saturated carbocycles. The van der Waals surface area contributed by atoms with E-state index in [1.165, 1.54) is 11.1 Å². The Bertz CT molecular complexity index is 654. The van der Waals surface area contributed by atoms with Crippen LogP contribution in [0, 0.1) is 0 Å². The Labute approximate surface area is 143 Å². The summed E-state index contributed by atoms with van der Waals surface area (Å²) >= 11 is 0. The van der Waals surface area contributed by atoms with Gasteiger partial charge in [0.25, 0.3) is 0 Å². The topological polar surface area (TPSA) is 39.7 Å². The maximum atomic E-state index is 5.43. The zero-order valence-corrected chi connectivity index (χ0v) is 14.4. The zero-order valence-electron chi connectivity index (χ0n) is 14.4. The monoisotopic (exact) mass is 327 g/mol. The molecular formula is C20H25NO3. The van der Waals surface area contributed by atoms with E-state index in [0.29, 0.717) is 12.8 Å². The highest BCUT2D eigenvalue weighted by molar-refractivity contribution is 5.44. The minimum Gasteiger partial charge on any atom is -0.497 e. The van der Waals surface area contributed by atoms with E-state index in [4.69, 9.17) is 14.2 Å². The highest BCUT2D eigenvalue weighted by atomic mass is 16.7. The number of ether oxygens (including phenoxy) is 3. The van der Waals surface area contributed by atoms with Gasteiger partial charge in [-0.1, -0.05) is 18.2 Å². The number of hydrogen-bond donors (Lipinski definition) is 1. The molecule has 24 heavy (non-hydrogen) atoms. The van der Waals surface area contributed by atoms with Crippen LogP contribution in [0.4, 0.5) is 0 Å². The van der Waals surface area contributed by atoms with Crippen molar-refractivity contribution in [1.29, 1.82) is 0 Å². The molecule has 2 aromatic carbocycles. The minimum atomic E-state index is 0.331. The van der Waals surface area contributed by atoms with Gasteiger partial charge in [-0.3, -0.25) is 0 Å². The number of nitrogens with one attached hydrogen (secondary N) is 1. The van der Waals surface area contributed by atoms with E-state index in [2.05, 4.69) is 36.5 Å². The molecule has 4 heteroatoms. The first-order valence-corrected chi connectivity index (χ1v) is 8.49.